The molecular formula is C21H21ClN2O. The lowest BCUT2D eigenvalue weighted by atomic mass is 9.87. The minimum absolute atomic E-state index is 0.149. The Hall–Kier alpha value is -1.97. The van der Waals surface area contributed by atoms with E-state index in [-0.39, 0.29) is 11.8 Å². The van der Waals surface area contributed by atoms with Crippen molar-refractivity contribution in [2.24, 2.45) is 0 Å². The van der Waals surface area contributed by atoms with Crippen LogP contribution in [0, 0.1) is 0 Å². The summed E-state index contributed by atoms with van der Waals surface area (Å²) in [7, 11) is 0. The van der Waals surface area contributed by atoms with Gasteiger partial charge in [-0.15, -0.1) is 0 Å². The Morgan fingerprint density at radius 3 is 2.64 bits per heavy atom. The van der Waals surface area contributed by atoms with Gasteiger partial charge in [0.1, 0.15) is 5.75 Å². The van der Waals surface area contributed by atoms with Gasteiger partial charge in [-0.1, -0.05) is 48.4 Å². The van der Waals surface area contributed by atoms with Crippen LogP contribution in [-0.4, -0.2) is 10.7 Å². The van der Waals surface area contributed by atoms with Crippen LogP contribution in [0.4, 0.5) is 0 Å². The van der Waals surface area contributed by atoms with Gasteiger partial charge in [0, 0.05) is 23.4 Å². The molecule has 1 spiro atoms. The van der Waals surface area contributed by atoms with Crippen molar-refractivity contribution in [2.45, 2.75) is 43.9 Å². The molecule has 2 heterocycles. The molecule has 25 heavy (non-hydrogen) atoms. The van der Waals surface area contributed by atoms with Gasteiger partial charge in [0.25, 0.3) is 0 Å². The van der Waals surface area contributed by atoms with Crippen LogP contribution >= 0.6 is 11.6 Å². The minimum atomic E-state index is -0.267. The van der Waals surface area contributed by atoms with Crippen LogP contribution in [0.3, 0.4) is 0 Å². The summed E-state index contributed by atoms with van der Waals surface area (Å²) in [6, 6.07) is 16.6. The topological polar surface area (TPSA) is 24.5 Å². The number of benzene rings is 2. The molecule has 0 unspecified atom stereocenters. The van der Waals surface area contributed by atoms with E-state index in [1.807, 2.05) is 24.3 Å². The summed E-state index contributed by atoms with van der Waals surface area (Å²) < 4.78 is 6.58. The summed E-state index contributed by atoms with van der Waals surface area (Å²) in [5.41, 5.74) is 6.88. The molecule has 0 amide bonds. The highest BCUT2D eigenvalue weighted by Gasteiger charge is 2.50. The highest BCUT2D eigenvalue weighted by Crippen LogP contribution is 2.50. The summed E-state index contributed by atoms with van der Waals surface area (Å²) in [5, 5.41) is 3.08. The predicted molar refractivity (Wildman–Crippen MR) is 100 cm³/mol. The number of hydrogen-bond acceptors (Lipinski definition) is 3. The van der Waals surface area contributed by atoms with Crippen LogP contribution < -0.4 is 10.2 Å². The summed E-state index contributed by atoms with van der Waals surface area (Å²) >= 11 is 6.28. The lowest BCUT2D eigenvalue weighted by Crippen LogP contribution is -2.60. The van der Waals surface area contributed by atoms with Gasteiger partial charge >= 0.3 is 0 Å². The Bertz CT molecular complexity index is 827. The zero-order valence-electron chi connectivity index (χ0n) is 14.0. The molecule has 1 saturated carbocycles. The standard InChI is InChI=1S/C21H21ClN2O/c22-16-9-10-20-17(13-16)19-14-18(15-7-3-1-4-8-15)23-24(19)21(25-20)11-5-2-6-12-21/h1,3-4,7-10,13-14,19,23H,2,5-6,11-12H2/t19-/m1/s1. The van der Waals surface area contributed by atoms with Gasteiger partial charge in [-0.2, -0.15) is 5.01 Å². The van der Waals surface area contributed by atoms with Crippen molar-refractivity contribution in [3.63, 3.8) is 0 Å². The summed E-state index contributed by atoms with van der Waals surface area (Å²) in [6.45, 7) is 0. The van der Waals surface area contributed by atoms with Gasteiger partial charge in [0.15, 0.2) is 5.72 Å². The predicted octanol–water partition coefficient (Wildman–Crippen LogP) is 5.30. The number of ether oxygens (including phenoxy) is 1. The second-order valence-corrected chi connectivity index (χ2v) is 7.60. The smallest absolute Gasteiger partial charge is 0.180 e. The molecule has 0 radical (unpaired) electrons. The Labute approximate surface area is 153 Å². The van der Waals surface area contributed by atoms with Crippen molar-refractivity contribution in [2.75, 3.05) is 0 Å². The molecule has 1 N–H and O–H groups in total. The third kappa shape index (κ3) is 2.45. The second kappa shape index (κ2) is 5.79. The Morgan fingerprint density at radius 1 is 1.04 bits per heavy atom. The van der Waals surface area contributed by atoms with Crippen molar-refractivity contribution in [3.8, 4) is 5.75 Å². The molecule has 2 aromatic carbocycles. The van der Waals surface area contributed by atoms with Crippen molar-refractivity contribution in [3.05, 3.63) is 70.8 Å². The molecule has 5 rings (SSSR count). The average Bonchev–Trinajstić information content (AvgIpc) is 3.11. The van der Waals surface area contributed by atoms with E-state index in [0.29, 0.717) is 0 Å². The largest absolute Gasteiger partial charge is 0.471 e. The molecule has 3 nitrogen and oxygen atoms in total. The van der Waals surface area contributed by atoms with Gasteiger partial charge in [0.2, 0.25) is 0 Å². The highest BCUT2D eigenvalue weighted by molar-refractivity contribution is 6.30. The molecule has 128 valence electrons. The fourth-order valence-corrected chi connectivity index (χ4v) is 4.56. The number of rotatable bonds is 1. The third-order valence-electron chi connectivity index (χ3n) is 5.59. The number of hydrazine groups is 1. The Morgan fingerprint density at radius 2 is 1.84 bits per heavy atom. The molecule has 3 aliphatic rings. The average molecular weight is 353 g/mol. The molecular weight excluding hydrogens is 332 g/mol. The lowest BCUT2D eigenvalue weighted by Gasteiger charge is -2.50. The summed E-state index contributed by atoms with van der Waals surface area (Å²) in [5.74, 6) is 0.972. The zero-order chi connectivity index (χ0) is 16.9. The maximum atomic E-state index is 6.58. The van der Waals surface area contributed by atoms with Crippen molar-refractivity contribution in [1.82, 2.24) is 10.4 Å². The van der Waals surface area contributed by atoms with Crippen molar-refractivity contribution >= 4 is 17.3 Å². The van der Waals surface area contributed by atoms with E-state index < -0.39 is 0 Å². The third-order valence-corrected chi connectivity index (χ3v) is 5.83. The van der Waals surface area contributed by atoms with Crippen molar-refractivity contribution in [1.29, 1.82) is 0 Å². The fourth-order valence-electron chi connectivity index (χ4n) is 4.38. The van der Waals surface area contributed by atoms with E-state index in [4.69, 9.17) is 16.3 Å². The Kier molecular flexibility index (Phi) is 3.54. The van der Waals surface area contributed by atoms with Crippen LogP contribution in [0.2, 0.25) is 5.02 Å². The molecule has 0 aromatic heterocycles. The monoisotopic (exact) mass is 352 g/mol. The number of fused-ring (bicyclic) bond motifs is 4. The van der Waals surface area contributed by atoms with Gasteiger partial charge in [-0.25, -0.2) is 0 Å². The van der Waals surface area contributed by atoms with Crippen LogP contribution in [0.1, 0.15) is 49.3 Å². The first-order chi connectivity index (χ1) is 12.3. The van der Waals surface area contributed by atoms with Gasteiger partial charge in [-0.3, -0.25) is 0 Å². The maximum Gasteiger partial charge on any atom is 0.180 e. The summed E-state index contributed by atoms with van der Waals surface area (Å²) in [6.07, 6.45) is 8.10. The van der Waals surface area contributed by atoms with E-state index >= 15 is 0 Å². The molecule has 2 aliphatic heterocycles. The quantitative estimate of drug-likeness (QED) is 0.754. The number of nitrogens with zero attached hydrogens (tertiary/aromatic N) is 1. The molecule has 1 fully saturated rings. The number of hydrogen-bond donors (Lipinski definition) is 1. The Balaban J connectivity index is 1.62. The highest BCUT2D eigenvalue weighted by atomic mass is 35.5. The normalized spacial score (nSPS) is 24.0. The van der Waals surface area contributed by atoms with E-state index in [9.17, 15) is 0 Å². The van der Waals surface area contributed by atoms with E-state index in [1.165, 1.54) is 24.8 Å². The van der Waals surface area contributed by atoms with Crippen molar-refractivity contribution < 1.29 is 4.74 Å². The second-order valence-electron chi connectivity index (χ2n) is 7.16. The first-order valence-corrected chi connectivity index (χ1v) is 9.45. The van der Waals surface area contributed by atoms with Crippen LogP contribution in [-0.2, 0) is 0 Å². The number of halogens is 1. The molecule has 0 saturated heterocycles. The van der Waals surface area contributed by atoms with Gasteiger partial charge in [-0.05, 0) is 42.7 Å². The SMILES string of the molecule is Clc1ccc2c(c1)[C@H]1C=C(c3ccccc3)NN1C1(CCCCC1)O2. The first-order valence-electron chi connectivity index (χ1n) is 9.07. The molecule has 1 atom stereocenters. The minimum Gasteiger partial charge on any atom is -0.471 e. The maximum absolute atomic E-state index is 6.58. The zero-order valence-corrected chi connectivity index (χ0v) is 14.8. The fraction of sp³-hybridized carbons (Fsp3) is 0.333. The number of nitrogens with one attached hydrogen (secondary N) is 1. The van der Waals surface area contributed by atoms with E-state index in [1.54, 1.807) is 0 Å². The van der Waals surface area contributed by atoms with Crippen LogP contribution in [0.15, 0.2) is 54.6 Å². The first kappa shape index (κ1) is 15.3. The van der Waals surface area contributed by atoms with Crippen LogP contribution in [0.25, 0.3) is 5.70 Å². The van der Waals surface area contributed by atoms with Crippen LogP contribution in [0.5, 0.6) is 5.75 Å². The lowest BCUT2D eigenvalue weighted by molar-refractivity contribution is -0.150. The molecule has 1 aliphatic carbocycles. The van der Waals surface area contributed by atoms with E-state index in [0.717, 1.165) is 34.9 Å². The van der Waals surface area contributed by atoms with Gasteiger partial charge < -0.3 is 10.2 Å². The van der Waals surface area contributed by atoms with E-state index in [2.05, 4.69) is 40.8 Å². The molecule has 4 heteroatoms. The molecule has 2 aromatic rings. The summed E-state index contributed by atoms with van der Waals surface area (Å²) in [4.78, 5) is 0. The molecule has 0 bridgehead atoms. The van der Waals surface area contributed by atoms with Gasteiger partial charge in [0.05, 0.1) is 11.7 Å².